The van der Waals surface area contributed by atoms with Crippen LogP contribution in [0, 0.1) is 6.92 Å². The number of aryl methyl sites for hydroxylation is 2. The number of aromatic nitrogens is 4. The highest BCUT2D eigenvalue weighted by molar-refractivity contribution is 6.30. The normalized spacial score (nSPS) is 17.6. The van der Waals surface area contributed by atoms with E-state index in [4.69, 9.17) is 11.6 Å². The molecule has 1 aliphatic heterocycles. The van der Waals surface area contributed by atoms with Crippen LogP contribution in [0.25, 0.3) is 0 Å². The molecule has 5 nitrogen and oxygen atoms in total. The Bertz CT molecular complexity index is 867. The van der Waals surface area contributed by atoms with Crippen molar-refractivity contribution in [1.29, 1.82) is 0 Å². The van der Waals surface area contributed by atoms with E-state index in [9.17, 15) is 0 Å². The summed E-state index contributed by atoms with van der Waals surface area (Å²) in [5.74, 6) is 0. The van der Waals surface area contributed by atoms with Gasteiger partial charge in [-0.15, -0.1) is 0 Å². The van der Waals surface area contributed by atoms with E-state index in [2.05, 4.69) is 50.3 Å². The summed E-state index contributed by atoms with van der Waals surface area (Å²) in [5, 5.41) is 5.18. The van der Waals surface area contributed by atoms with E-state index in [1.54, 1.807) is 4.68 Å². The van der Waals surface area contributed by atoms with Crippen molar-refractivity contribution in [3.8, 4) is 0 Å². The minimum atomic E-state index is 0.244. The summed E-state index contributed by atoms with van der Waals surface area (Å²) in [7, 11) is 1.89. The first-order valence-corrected chi connectivity index (χ1v) is 8.99. The Morgan fingerprint density at radius 3 is 2.80 bits per heavy atom. The van der Waals surface area contributed by atoms with Crippen molar-refractivity contribution in [1.82, 2.24) is 24.6 Å². The van der Waals surface area contributed by atoms with Crippen molar-refractivity contribution in [2.24, 2.45) is 7.05 Å². The van der Waals surface area contributed by atoms with E-state index < -0.39 is 0 Å². The molecule has 0 amide bonds. The van der Waals surface area contributed by atoms with Gasteiger partial charge in [0.15, 0.2) is 0 Å². The van der Waals surface area contributed by atoms with Crippen LogP contribution in [0.15, 0.2) is 36.7 Å². The molecule has 0 saturated heterocycles. The minimum absolute atomic E-state index is 0.244. The summed E-state index contributed by atoms with van der Waals surface area (Å²) in [6, 6.07) is 10.9. The van der Waals surface area contributed by atoms with E-state index >= 15 is 0 Å². The standard InChI is InChI=1S/C19H22ClN5/c1-13-15(19(20)24(2)23-13)11-25-9-8-16-18(22-12-21-16)17(25)10-14-6-4-3-5-7-14/h3-7,12,17H,8-11H2,1-2H3,(H,21,22)/t17-/m1/s1. The van der Waals surface area contributed by atoms with Gasteiger partial charge in [-0.2, -0.15) is 5.10 Å². The largest absolute Gasteiger partial charge is 0.348 e. The number of hydrogen-bond donors (Lipinski definition) is 1. The number of halogens is 1. The molecule has 0 fully saturated rings. The Labute approximate surface area is 152 Å². The molecule has 130 valence electrons. The summed E-state index contributed by atoms with van der Waals surface area (Å²) in [4.78, 5) is 10.4. The number of imidazole rings is 1. The van der Waals surface area contributed by atoms with Gasteiger partial charge in [0.2, 0.25) is 0 Å². The lowest BCUT2D eigenvalue weighted by Gasteiger charge is -2.35. The molecule has 0 saturated carbocycles. The molecule has 0 radical (unpaired) electrons. The van der Waals surface area contributed by atoms with Crippen molar-refractivity contribution >= 4 is 11.6 Å². The third kappa shape index (κ3) is 3.10. The van der Waals surface area contributed by atoms with Crippen LogP contribution in [0.5, 0.6) is 0 Å². The number of H-pyrrole nitrogens is 1. The van der Waals surface area contributed by atoms with Crippen LogP contribution in [0.4, 0.5) is 0 Å². The van der Waals surface area contributed by atoms with Gasteiger partial charge in [0.05, 0.1) is 23.8 Å². The van der Waals surface area contributed by atoms with Crippen LogP contribution in [0.3, 0.4) is 0 Å². The molecule has 1 aromatic carbocycles. The highest BCUT2D eigenvalue weighted by Gasteiger charge is 2.31. The third-order valence-corrected chi connectivity index (χ3v) is 5.53. The summed E-state index contributed by atoms with van der Waals surface area (Å²) >= 11 is 6.47. The second-order valence-corrected chi connectivity index (χ2v) is 7.03. The monoisotopic (exact) mass is 355 g/mol. The van der Waals surface area contributed by atoms with Gasteiger partial charge in [0.25, 0.3) is 0 Å². The number of benzene rings is 1. The van der Waals surface area contributed by atoms with Gasteiger partial charge in [0, 0.05) is 37.8 Å². The lowest BCUT2D eigenvalue weighted by molar-refractivity contribution is 0.170. The molecule has 2 aromatic heterocycles. The Morgan fingerprint density at radius 1 is 1.28 bits per heavy atom. The molecule has 4 rings (SSSR count). The minimum Gasteiger partial charge on any atom is -0.348 e. The molecule has 0 spiro atoms. The number of rotatable bonds is 4. The molecule has 3 heterocycles. The van der Waals surface area contributed by atoms with Gasteiger partial charge in [-0.1, -0.05) is 41.9 Å². The predicted molar refractivity (Wildman–Crippen MR) is 98.5 cm³/mol. The molecule has 0 bridgehead atoms. The molecular weight excluding hydrogens is 334 g/mol. The number of hydrogen-bond acceptors (Lipinski definition) is 3. The molecule has 0 aliphatic carbocycles. The van der Waals surface area contributed by atoms with Crippen molar-refractivity contribution < 1.29 is 0 Å². The van der Waals surface area contributed by atoms with Crippen molar-refractivity contribution in [3.05, 3.63) is 70.0 Å². The van der Waals surface area contributed by atoms with E-state index in [0.717, 1.165) is 48.0 Å². The molecule has 1 N–H and O–H groups in total. The molecule has 0 unspecified atom stereocenters. The summed E-state index contributed by atoms with van der Waals surface area (Å²) in [5.41, 5.74) is 5.85. The van der Waals surface area contributed by atoms with Crippen LogP contribution in [0.2, 0.25) is 5.15 Å². The fraction of sp³-hybridized carbons (Fsp3) is 0.368. The highest BCUT2D eigenvalue weighted by Crippen LogP contribution is 2.33. The first kappa shape index (κ1) is 16.4. The van der Waals surface area contributed by atoms with Gasteiger partial charge in [0.1, 0.15) is 5.15 Å². The number of nitrogens with zero attached hydrogens (tertiary/aromatic N) is 4. The first-order chi connectivity index (χ1) is 12.1. The Morgan fingerprint density at radius 2 is 2.08 bits per heavy atom. The molecule has 1 aliphatic rings. The van der Waals surface area contributed by atoms with E-state index in [1.807, 2.05) is 20.3 Å². The van der Waals surface area contributed by atoms with Crippen LogP contribution < -0.4 is 0 Å². The quantitative estimate of drug-likeness (QED) is 0.779. The maximum Gasteiger partial charge on any atom is 0.131 e. The molecule has 6 heteroatoms. The maximum absolute atomic E-state index is 6.47. The average molecular weight is 356 g/mol. The van der Waals surface area contributed by atoms with Crippen molar-refractivity contribution in [2.45, 2.75) is 32.4 Å². The molecule has 1 atom stereocenters. The SMILES string of the molecule is Cc1nn(C)c(Cl)c1CN1CCc2[nH]cnc2[C@H]1Cc1ccccc1. The van der Waals surface area contributed by atoms with Crippen molar-refractivity contribution in [2.75, 3.05) is 6.54 Å². The van der Waals surface area contributed by atoms with Crippen molar-refractivity contribution in [3.63, 3.8) is 0 Å². The van der Waals surface area contributed by atoms with Crippen LogP contribution in [-0.4, -0.2) is 31.2 Å². The second-order valence-electron chi connectivity index (χ2n) is 6.67. The fourth-order valence-corrected chi connectivity index (χ4v) is 3.95. The van der Waals surface area contributed by atoms with Gasteiger partial charge >= 0.3 is 0 Å². The van der Waals surface area contributed by atoms with Gasteiger partial charge in [-0.25, -0.2) is 4.98 Å². The van der Waals surface area contributed by atoms with E-state index in [1.165, 1.54) is 11.3 Å². The maximum atomic E-state index is 6.47. The van der Waals surface area contributed by atoms with Crippen LogP contribution in [0.1, 0.15) is 34.3 Å². The topological polar surface area (TPSA) is 49.7 Å². The second kappa shape index (κ2) is 6.65. The third-order valence-electron chi connectivity index (χ3n) is 5.06. The molecular formula is C19H22ClN5. The van der Waals surface area contributed by atoms with Gasteiger partial charge in [-0.05, 0) is 18.9 Å². The molecule has 25 heavy (non-hydrogen) atoms. The lowest BCUT2D eigenvalue weighted by atomic mass is 9.95. The Kier molecular flexibility index (Phi) is 4.36. The van der Waals surface area contributed by atoms with E-state index in [0.29, 0.717) is 0 Å². The van der Waals surface area contributed by atoms with E-state index in [-0.39, 0.29) is 6.04 Å². The predicted octanol–water partition coefficient (Wildman–Crippen LogP) is 3.45. The van der Waals surface area contributed by atoms with Gasteiger partial charge < -0.3 is 4.98 Å². The zero-order valence-electron chi connectivity index (χ0n) is 14.5. The summed E-state index contributed by atoms with van der Waals surface area (Å²) in [6.45, 7) is 3.80. The first-order valence-electron chi connectivity index (χ1n) is 8.61. The summed E-state index contributed by atoms with van der Waals surface area (Å²) < 4.78 is 1.75. The van der Waals surface area contributed by atoms with Crippen LogP contribution >= 0.6 is 11.6 Å². The van der Waals surface area contributed by atoms with Crippen LogP contribution in [-0.2, 0) is 26.4 Å². The zero-order chi connectivity index (χ0) is 17.4. The number of aromatic amines is 1. The van der Waals surface area contributed by atoms with Gasteiger partial charge in [-0.3, -0.25) is 9.58 Å². The zero-order valence-corrected chi connectivity index (χ0v) is 15.3. The summed E-state index contributed by atoms with van der Waals surface area (Å²) in [6.07, 6.45) is 3.74. The molecule has 3 aromatic rings. The smallest absolute Gasteiger partial charge is 0.131 e. The number of nitrogens with one attached hydrogen (secondary N) is 1. The lowest BCUT2D eigenvalue weighted by Crippen LogP contribution is -2.36. The number of fused-ring (bicyclic) bond motifs is 1. The fourth-order valence-electron chi connectivity index (χ4n) is 3.71. The highest BCUT2D eigenvalue weighted by atomic mass is 35.5. The average Bonchev–Trinajstić information content (AvgIpc) is 3.18. The Balaban J connectivity index is 1.66. The Hall–Kier alpha value is -2.11.